The van der Waals surface area contributed by atoms with Crippen LogP contribution in [0.2, 0.25) is 0 Å². The molecule has 30 heteroatoms. The quantitative estimate of drug-likeness (QED) is 0.0204. The summed E-state index contributed by atoms with van der Waals surface area (Å²) in [6.45, 7) is 16.8. The van der Waals surface area contributed by atoms with Crippen molar-refractivity contribution in [3.63, 3.8) is 0 Å². The molecule has 1 fully saturated rings. The molecule has 3 aliphatic heterocycles. The summed E-state index contributed by atoms with van der Waals surface area (Å²) in [6, 6.07) is 15.6. The van der Waals surface area contributed by atoms with Gasteiger partial charge in [-0.2, -0.15) is 0 Å². The number of nitrogens with one attached hydrogen (secondary N) is 4. The number of urea groups is 1. The number of Topliss-reactive ketones (excluding diaryl/α,β-unsaturated/α-hetero) is 2. The number of likely N-dealkylation sites (tertiary alicyclic amines) is 1. The maximum absolute atomic E-state index is 15.0. The molecule has 12 amide bonds. The van der Waals surface area contributed by atoms with Gasteiger partial charge in [-0.1, -0.05) is 111 Å². The Morgan fingerprint density at radius 3 is 1.87 bits per heavy atom. The largest absolute Gasteiger partial charge is 0.445 e. The predicted molar refractivity (Wildman–Crippen MR) is 420 cm³/mol. The second-order valence-corrected chi connectivity index (χ2v) is 31.5. The van der Waals surface area contributed by atoms with E-state index in [0.29, 0.717) is 43.5 Å². The summed E-state index contributed by atoms with van der Waals surface area (Å²) in [5, 5.41) is 13.9. The van der Waals surface area contributed by atoms with Gasteiger partial charge in [0.1, 0.15) is 11.6 Å². The molecule has 1 saturated heterocycles. The third-order valence-corrected chi connectivity index (χ3v) is 22.8. The Balaban J connectivity index is 0.973. The van der Waals surface area contributed by atoms with Gasteiger partial charge in [0.05, 0.1) is 75.9 Å². The highest BCUT2D eigenvalue weighted by atomic mass is 32.2. The number of ether oxygens (including phenoxy) is 3. The van der Waals surface area contributed by atoms with Crippen molar-refractivity contribution in [2.24, 2.45) is 47.2 Å². The Morgan fingerprint density at radius 1 is 0.725 bits per heavy atom. The monoisotopic (exact) mass is 1560 g/mol. The molecule has 0 unspecified atom stereocenters. The fraction of sp³-hybridized carbons (Fsp3) is 0.519. The minimum Gasteiger partial charge on any atom is -0.445 e. The number of aromatic nitrogens is 1. The average molecular weight is 1560 g/mol. The van der Waals surface area contributed by atoms with E-state index in [1.165, 1.54) is 48.6 Å². The third-order valence-electron chi connectivity index (χ3n) is 20.4. The van der Waals surface area contributed by atoms with Gasteiger partial charge in [0.2, 0.25) is 23.6 Å². The number of likely N-dealkylation sites (N-methyl/N-ethyl adjacent to an activating group) is 2. The van der Waals surface area contributed by atoms with Gasteiger partial charge in [-0.05, 0) is 110 Å². The maximum Gasteiger partial charge on any atom is 0.410 e. The van der Waals surface area contributed by atoms with Gasteiger partial charge in [0, 0.05) is 101 Å². The van der Waals surface area contributed by atoms with Crippen molar-refractivity contribution in [1.82, 2.24) is 35.6 Å². The molecule has 590 valence electrons. The molecular weight excluding hydrogens is 1460 g/mol. The van der Waals surface area contributed by atoms with Crippen LogP contribution in [-0.2, 0) is 75.2 Å². The van der Waals surface area contributed by atoms with Gasteiger partial charge in [-0.3, -0.25) is 52.7 Å². The number of primary amides is 1. The first kappa shape index (κ1) is 87.1. The molecule has 0 saturated carbocycles. The number of nitrogens with zero attached hydrogens (tertiary/aromatic N) is 6. The number of anilines is 3. The van der Waals surface area contributed by atoms with Crippen LogP contribution in [0.4, 0.5) is 26.7 Å². The Labute approximate surface area is 650 Å². The van der Waals surface area contributed by atoms with E-state index in [9.17, 15) is 57.5 Å². The summed E-state index contributed by atoms with van der Waals surface area (Å²) in [4.78, 5) is 191. The molecule has 6 N–H and O–H groups in total. The standard InChI is InChI=1S/C79H105N11O16S3/c1-16-47(8)69(61(104-12)40-64(93)88-32-21-25-58(88)70(105-13)48(9)71(96)84-57(74-81-31-33-109-74)34-49-22-18-17-19-23-49)86(10)75(99)56(44(2)3)39-60(92)68(46(6)7)87(11)79(103)106-43-50-26-28-53(29-27-50)83-72(97)51(24-20-30-82-78(80)102)37-59(91)67(45(4)5)85-73(98)52-35-54(89-65(94)41-62(107-14)76(89)100)38-55(36-52)90-66(95)42-63(108-15)77(90)101/h17-19,22-23,26-29,31,33,35-36,38,41-42,44-48,51,56-58,61,67-70H,16,20-21,24-25,30,32,34,37,39-40,43H2,1-15H3,(H,83,97)(H,84,96)(H,85,98)(H3,80,82,102)/t47-,48+,51+,56-,57-,58-,61+,67-,68-,69-,70+/m0/s1. The summed E-state index contributed by atoms with van der Waals surface area (Å²) in [5.41, 5.74) is 6.76. The number of imide groups is 2. The second kappa shape index (κ2) is 40.5. The number of methoxy groups -OCH3 is 2. The highest BCUT2D eigenvalue weighted by molar-refractivity contribution is 8.03. The summed E-state index contributed by atoms with van der Waals surface area (Å²) >= 11 is 3.53. The Bertz CT molecular complexity index is 3940. The van der Waals surface area contributed by atoms with E-state index in [-0.39, 0.29) is 107 Å². The number of amides is 12. The lowest BCUT2D eigenvalue weighted by Gasteiger charge is -2.41. The molecule has 0 radical (unpaired) electrons. The van der Waals surface area contributed by atoms with E-state index < -0.39 is 126 Å². The number of thioether (sulfide) groups is 2. The molecule has 4 aromatic rings. The molecule has 4 heterocycles. The lowest BCUT2D eigenvalue weighted by atomic mass is 9.83. The zero-order valence-corrected chi connectivity index (χ0v) is 67.3. The number of hydrogen-bond donors (Lipinski definition) is 5. The summed E-state index contributed by atoms with van der Waals surface area (Å²) in [5.74, 6) is -9.87. The minimum absolute atomic E-state index is 0.0715. The van der Waals surface area contributed by atoms with Crippen LogP contribution in [0.15, 0.2) is 106 Å². The van der Waals surface area contributed by atoms with Crippen molar-refractivity contribution < 1.29 is 76.5 Å². The Kier molecular flexibility index (Phi) is 32.4. The molecule has 0 spiro atoms. The summed E-state index contributed by atoms with van der Waals surface area (Å²) in [7, 11) is 6.22. The first-order chi connectivity index (χ1) is 51.8. The summed E-state index contributed by atoms with van der Waals surface area (Å²) in [6.07, 6.45) is 7.08. The smallest absolute Gasteiger partial charge is 0.410 e. The fourth-order valence-electron chi connectivity index (χ4n) is 14.4. The van der Waals surface area contributed by atoms with E-state index in [1.54, 1.807) is 94.6 Å². The third kappa shape index (κ3) is 22.3. The van der Waals surface area contributed by atoms with Gasteiger partial charge < -0.3 is 55.9 Å². The zero-order valence-electron chi connectivity index (χ0n) is 64.8. The van der Waals surface area contributed by atoms with Crippen molar-refractivity contribution in [2.75, 3.05) is 69.0 Å². The molecule has 3 aliphatic rings. The molecule has 7 rings (SSSR count). The van der Waals surface area contributed by atoms with Crippen LogP contribution < -0.4 is 36.8 Å². The number of carbonyl (C=O) groups excluding carboxylic acids is 13. The van der Waals surface area contributed by atoms with E-state index in [4.69, 9.17) is 19.9 Å². The van der Waals surface area contributed by atoms with E-state index in [1.807, 2.05) is 70.3 Å². The average Bonchev–Trinajstić information content (AvgIpc) is 1.67. The first-order valence-corrected chi connectivity index (χ1v) is 40.1. The molecule has 3 aromatic carbocycles. The minimum atomic E-state index is -1.22. The van der Waals surface area contributed by atoms with Crippen LogP contribution in [-0.4, -0.2) is 187 Å². The highest BCUT2D eigenvalue weighted by Gasteiger charge is 2.45. The SMILES string of the molecule is CC[C@H](C)[C@@H]([C@@H](CC(=O)N1CCC[C@H]1[C@H](OC)[C@@H](C)C(=O)N[C@@H](Cc1ccccc1)c1nccs1)OC)N(C)C(=O)[C@@H](CC(=O)[C@H](C(C)C)N(C)C(=O)OCc1ccc(NC(=O)[C@H](CCCNC(N)=O)CC(=O)[C@@H](NC(=O)c2cc(N3C(=O)C=C(SC)C3=O)cc(N3C(=O)C=C(SC)C3=O)c2)C(C)C)cc1)C(C)C. The fourth-order valence-corrected chi connectivity index (χ4v) is 16.0. The number of carbonyl (C=O) groups is 13. The molecular formula is C79H105N11O16S3. The topological polar surface area (TPSA) is 353 Å². The van der Waals surface area contributed by atoms with Crippen molar-refractivity contribution >= 4 is 129 Å². The molecule has 0 aliphatic carbocycles. The Morgan fingerprint density at radius 2 is 1.35 bits per heavy atom. The molecule has 11 atom stereocenters. The number of hydrogen-bond acceptors (Lipinski definition) is 20. The van der Waals surface area contributed by atoms with Crippen molar-refractivity contribution in [2.45, 2.75) is 169 Å². The summed E-state index contributed by atoms with van der Waals surface area (Å²) < 4.78 is 18.0. The van der Waals surface area contributed by atoms with Crippen LogP contribution in [0, 0.1) is 41.4 Å². The van der Waals surface area contributed by atoms with Crippen LogP contribution in [0.25, 0.3) is 0 Å². The van der Waals surface area contributed by atoms with E-state index in [2.05, 4.69) is 26.3 Å². The van der Waals surface area contributed by atoms with Crippen molar-refractivity contribution in [3.05, 3.63) is 128 Å². The van der Waals surface area contributed by atoms with E-state index >= 15 is 4.79 Å². The highest BCUT2D eigenvalue weighted by Crippen LogP contribution is 2.37. The van der Waals surface area contributed by atoms with Crippen molar-refractivity contribution in [1.29, 1.82) is 0 Å². The second-order valence-electron chi connectivity index (χ2n) is 28.9. The number of thiazole rings is 1. The van der Waals surface area contributed by atoms with Crippen molar-refractivity contribution in [3.8, 4) is 0 Å². The maximum atomic E-state index is 15.0. The van der Waals surface area contributed by atoms with Gasteiger partial charge in [0.15, 0.2) is 11.6 Å². The first-order valence-electron chi connectivity index (χ1n) is 36.8. The molecule has 109 heavy (non-hydrogen) atoms. The van der Waals surface area contributed by atoms with Gasteiger partial charge in [0.25, 0.3) is 29.5 Å². The van der Waals surface area contributed by atoms with Gasteiger partial charge in [-0.15, -0.1) is 34.9 Å². The van der Waals surface area contributed by atoms with Crippen LogP contribution in [0.3, 0.4) is 0 Å². The van der Waals surface area contributed by atoms with Gasteiger partial charge >= 0.3 is 12.1 Å². The van der Waals surface area contributed by atoms with E-state index in [0.717, 1.165) is 56.0 Å². The lowest BCUT2D eigenvalue weighted by molar-refractivity contribution is -0.149. The number of nitrogens with two attached hydrogens (primary N) is 1. The van der Waals surface area contributed by atoms with Crippen LogP contribution in [0.5, 0.6) is 0 Å². The predicted octanol–water partition coefficient (Wildman–Crippen LogP) is 9.65. The normalized spacial score (nSPS) is 17.2. The van der Waals surface area contributed by atoms with Gasteiger partial charge in [-0.25, -0.2) is 24.4 Å². The number of benzene rings is 3. The molecule has 1 aromatic heterocycles. The Hall–Kier alpha value is -9.10. The zero-order chi connectivity index (χ0) is 80.2. The van der Waals surface area contributed by atoms with Crippen LogP contribution >= 0.6 is 34.9 Å². The lowest BCUT2D eigenvalue weighted by Crippen LogP contribution is -2.54. The number of rotatable bonds is 40. The number of ketones is 2. The molecule has 0 bridgehead atoms. The molecule has 27 nitrogen and oxygen atoms in total. The van der Waals surface area contributed by atoms with Crippen LogP contribution in [0.1, 0.15) is 146 Å².